The number of aryl methyl sites for hydroxylation is 2. The Bertz CT molecular complexity index is 653. The van der Waals surface area contributed by atoms with E-state index in [0.29, 0.717) is 0 Å². The molecule has 2 rings (SSSR count). The van der Waals surface area contributed by atoms with E-state index >= 15 is 0 Å². The molecule has 21 heavy (non-hydrogen) atoms. The number of benzene rings is 2. The van der Waals surface area contributed by atoms with Crippen LogP contribution in [-0.2, 0) is 12.8 Å². The average molecular weight is 357 g/mol. The summed E-state index contributed by atoms with van der Waals surface area (Å²) in [6.45, 7) is 4.13. The second-order valence-corrected chi connectivity index (χ2v) is 5.78. The second kappa shape index (κ2) is 6.65. The van der Waals surface area contributed by atoms with Crippen LogP contribution in [0.1, 0.15) is 40.9 Å². The van der Waals surface area contributed by atoms with E-state index in [1.54, 1.807) is 0 Å². The lowest BCUT2D eigenvalue weighted by Gasteiger charge is -2.15. The summed E-state index contributed by atoms with van der Waals surface area (Å²) >= 11 is 3.38. The van der Waals surface area contributed by atoms with Crippen molar-refractivity contribution in [2.24, 2.45) is 0 Å². The number of hydrogen-bond donors (Lipinski definition) is 0. The van der Waals surface area contributed by atoms with Crippen LogP contribution in [-0.4, -0.2) is 0 Å². The number of rotatable bonds is 4. The largest absolute Gasteiger partial charge is 0.204 e. The molecule has 0 saturated heterocycles. The molecular formula is C17H16BrF3. The molecule has 0 spiro atoms. The highest BCUT2D eigenvalue weighted by Gasteiger charge is 2.20. The Hall–Kier alpha value is -1.29. The Kier molecular flexibility index (Phi) is 5.09. The molecular weight excluding hydrogens is 341 g/mol. The summed E-state index contributed by atoms with van der Waals surface area (Å²) in [5.41, 5.74) is 3.35. The molecule has 1 unspecified atom stereocenters. The van der Waals surface area contributed by atoms with E-state index in [0.717, 1.165) is 24.5 Å². The third-order valence-electron chi connectivity index (χ3n) is 3.62. The first-order valence-corrected chi connectivity index (χ1v) is 7.80. The Morgan fingerprint density at radius 3 is 2.19 bits per heavy atom. The number of halogens is 4. The molecule has 0 heterocycles. The third-order valence-corrected chi connectivity index (χ3v) is 4.64. The van der Waals surface area contributed by atoms with Gasteiger partial charge in [-0.25, -0.2) is 13.2 Å². The minimum absolute atomic E-state index is 0.0974. The van der Waals surface area contributed by atoms with E-state index in [2.05, 4.69) is 29.8 Å². The minimum atomic E-state index is -1.43. The van der Waals surface area contributed by atoms with Crippen LogP contribution in [0.25, 0.3) is 0 Å². The van der Waals surface area contributed by atoms with Crippen LogP contribution >= 0.6 is 15.9 Å². The van der Waals surface area contributed by atoms with E-state index in [4.69, 9.17) is 0 Å². The molecule has 2 aromatic carbocycles. The molecule has 0 aliphatic rings. The van der Waals surface area contributed by atoms with Gasteiger partial charge in [0.15, 0.2) is 17.5 Å². The monoisotopic (exact) mass is 356 g/mol. The molecule has 0 aliphatic heterocycles. The van der Waals surface area contributed by atoms with Crippen molar-refractivity contribution in [2.45, 2.75) is 31.5 Å². The molecule has 0 saturated carbocycles. The van der Waals surface area contributed by atoms with Crippen LogP contribution in [0.3, 0.4) is 0 Å². The highest BCUT2D eigenvalue weighted by molar-refractivity contribution is 9.09. The van der Waals surface area contributed by atoms with Crippen molar-refractivity contribution < 1.29 is 13.2 Å². The number of hydrogen-bond acceptors (Lipinski definition) is 0. The van der Waals surface area contributed by atoms with Crippen LogP contribution in [0, 0.1) is 17.5 Å². The maximum atomic E-state index is 13.9. The predicted molar refractivity (Wildman–Crippen MR) is 82.3 cm³/mol. The quantitative estimate of drug-likeness (QED) is 0.485. The SMILES string of the molecule is CCc1ccc(C(Br)c2ccc(F)c(F)c2F)cc1CC. The van der Waals surface area contributed by atoms with E-state index in [1.165, 1.54) is 17.2 Å². The van der Waals surface area contributed by atoms with Gasteiger partial charge in [-0.15, -0.1) is 0 Å². The fourth-order valence-electron chi connectivity index (χ4n) is 2.39. The van der Waals surface area contributed by atoms with Crippen LogP contribution in [0.5, 0.6) is 0 Å². The van der Waals surface area contributed by atoms with Crippen LogP contribution in [0.4, 0.5) is 13.2 Å². The molecule has 0 bridgehead atoms. The summed E-state index contributed by atoms with van der Waals surface area (Å²) in [5.74, 6) is -3.75. The van der Waals surface area contributed by atoms with Crippen LogP contribution in [0.15, 0.2) is 30.3 Å². The topological polar surface area (TPSA) is 0 Å². The smallest absolute Gasteiger partial charge is 0.194 e. The van der Waals surface area contributed by atoms with Crippen molar-refractivity contribution in [1.29, 1.82) is 0 Å². The van der Waals surface area contributed by atoms with Crippen molar-refractivity contribution in [3.63, 3.8) is 0 Å². The van der Waals surface area contributed by atoms with Gasteiger partial charge < -0.3 is 0 Å². The van der Waals surface area contributed by atoms with Crippen molar-refractivity contribution in [2.75, 3.05) is 0 Å². The fourth-order valence-corrected chi connectivity index (χ4v) is 3.03. The fraction of sp³-hybridized carbons (Fsp3) is 0.294. The molecule has 0 radical (unpaired) electrons. The Labute approximate surface area is 131 Å². The molecule has 0 aliphatic carbocycles. The molecule has 4 heteroatoms. The van der Waals surface area contributed by atoms with Gasteiger partial charge in [-0.05, 0) is 35.6 Å². The first kappa shape index (κ1) is 16.1. The minimum Gasteiger partial charge on any atom is -0.204 e. The predicted octanol–water partition coefficient (Wildman–Crippen LogP) is 5.71. The molecule has 0 fully saturated rings. The highest BCUT2D eigenvalue weighted by Crippen LogP contribution is 2.34. The van der Waals surface area contributed by atoms with Gasteiger partial charge in [-0.2, -0.15) is 0 Å². The highest BCUT2D eigenvalue weighted by atomic mass is 79.9. The lowest BCUT2D eigenvalue weighted by Crippen LogP contribution is -2.03. The maximum absolute atomic E-state index is 13.9. The van der Waals surface area contributed by atoms with Crippen molar-refractivity contribution >= 4 is 15.9 Å². The summed E-state index contributed by atoms with van der Waals surface area (Å²) in [6, 6.07) is 8.09. The average Bonchev–Trinajstić information content (AvgIpc) is 2.51. The zero-order valence-electron chi connectivity index (χ0n) is 11.9. The normalized spacial score (nSPS) is 12.5. The lowest BCUT2D eigenvalue weighted by atomic mass is 9.96. The first-order valence-electron chi connectivity index (χ1n) is 6.88. The van der Waals surface area contributed by atoms with Gasteiger partial charge in [-0.3, -0.25) is 0 Å². The standard InChI is InChI=1S/C17H16BrF3/c1-3-10-5-6-12(9-11(10)4-2)15(18)13-7-8-14(19)17(21)16(13)20/h5-9,15H,3-4H2,1-2H3. The zero-order valence-corrected chi connectivity index (χ0v) is 13.5. The Morgan fingerprint density at radius 1 is 0.905 bits per heavy atom. The van der Waals surface area contributed by atoms with E-state index in [1.807, 2.05) is 18.2 Å². The van der Waals surface area contributed by atoms with Crippen molar-refractivity contribution in [3.05, 3.63) is 70.0 Å². The summed E-state index contributed by atoms with van der Waals surface area (Å²) in [7, 11) is 0. The number of alkyl halides is 1. The summed E-state index contributed by atoms with van der Waals surface area (Å²) in [4.78, 5) is -0.510. The lowest BCUT2D eigenvalue weighted by molar-refractivity contribution is 0.442. The van der Waals surface area contributed by atoms with Gasteiger partial charge in [0.1, 0.15) is 0 Å². The molecule has 0 aromatic heterocycles. The van der Waals surface area contributed by atoms with Gasteiger partial charge >= 0.3 is 0 Å². The van der Waals surface area contributed by atoms with Gasteiger partial charge in [0.2, 0.25) is 0 Å². The molecule has 1 atom stereocenters. The molecule has 0 amide bonds. The molecule has 0 N–H and O–H groups in total. The van der Waals surface area contributed by atoms with Gasteiger partial charge in [0.05, 0.1) is 4.83 Å². The summed E-state index contributed by atoms with van der Waals surface area (Å²) in [5, 5.41) is 0. The van der Waals surface area contributed by atoms with Crippen LogP contribution < -0.4 is 0 Å². The second-order valence-electron chi connectivity index (χ2n) is 4.86. The zero-order chi connectivity index (χ0) is 15.6. The molecule has 2 aromatic rings. The van der Waals surface area contributed by atoms with Gasteiger partial charge in [0.25, 0.3) is 0 Å². The van der Waals surface area contributed by atoms with E-state index < -0.39 is 22.3 Å². The summed E-state index contributed by atoms with van der Waals surface area (Å²) < 4.78 is 40.3. The Balaban J connectivity index is 2.45. The van der Waals surface area contributed by atoms with Crippen molar-refractivity contribution in [1.82, 2.24) is 0 Å². The van der Waals surface area contributed by atoms with E-state index in [-0.39, 0.29) is 5.56 Å². The molecule has 112 valence electrons. The van der Waals surface area contributed by atoms with Gasteiger partial charge in [-0.1, -0.05) is 54.0 Å². The maximum Gasteiger partial charge on any atom is 0.194 e. The summed E-state index contributed by atoms with van der Waals surface area (Å²) in [6.07, 6.45) is 1.80. The van der Waals surface area contributed by atoms with Crippen molar-refractivity contribution in [3.8, 4) is 0 Å². The van der Waals surface area contributed by atoms with Crippen LogP contribution in [0.2, 0.25) is 0 Å². The van der Waals surface area contributed by atoms with Gasteiger partial charge in [0, 0.05) is 5.56 Å². The van der Waals surface area contributed by atoms with E-state index in [9.17, 15) is 13.2 Å². The first-order chi connectivity index (χ1) is 9.99. The Morgan fingerprint density at radius 2 is 1.57 bits per heavy atom. The molecule has 0 nitrogen and oxygen atoms in total. The third kappa shape index (κ3) is 3.15.